The quantitative estimate of drug-likeness (QED) is 0.423. The van der Waals surface area contributed by atoms with Gasteiger partial charge in [0.1, 0.15) is 11.4 Å². The van der Waals surface area contributed by atoms with Crippen LogP contribution in [0.25, 0.3) is 33.4 Å². The third-order valence-electron chi connectivity index (χ3n) is 3.62. The number of fused-ring (bicyclic) bond motifs is 2. The number of carbonyl (C=O) groups is 1. The van der Waals surface area contributed by atoms with Crippen molar-refractivity contribution in [3.05, 3.63) is 58.1 Å². The van der Waals surface area contributed by atoms with Gasteiger partial charge >= 0.3 is 0 Å². The van der Waals surface area contributed by atoms with Gasteiger partial charge in [0.25, 0.3) is 5.97 Å². The number of imidazole rings is 1. The molecular formula is C19H16BrN3O3. The number of aromatic amines is 1. The second kappa shape index (κ2) is 7.13. The van der Waals surface area contributed by atoms with Gasteiger partial charge < -0.3 is 14.5 Å². The summed E-state index contributed by atoms with van der Waals surface area (Å²) in [6.07, 6.45) is 0. The second-order valence-corrected chi connectivity index (χ2v) is 6.71. The monoisotopic (exact) mass is 413 g/mol. The van der Waals surface area contributed by atoms with Crippen LogP contribution in [0.1, 0.15) is 12.5 Å². The van der Waals surface area contributed by atoms with Crippen molar-refractivity contribution in [2.75, 3.05) is 0 Å². The standard InChI is InChI=1S/C17H12BrN3O.C2H4O2/c1-9-2-4-13-14(6-9)21-17(20-13)12-8-10-7-11(18)3-5-15(10)22-16(12)19;1-2(3)4/h2-8,19H,1H3,(H,20,21);1H3,(H,3,4). The molecule has 4 aromatic rings. The summed E-state index contributed by atoms with van der Waals surface area (Å²) in [4.78, 5) is 16.8. The van der Waals surface area contributed by atoms with Crippen LogP contribution >= 0.6 is 15.9 Å². The lowest BCUT2D eigenvalue weighted by atomic mass is 10.2. The zero-order chi connectivity index (χ0) is 18.8. The maximum absolute atomic E-state index is 9.00. The Balaban J connectivity index is 0.000000447. The van der Waals surface area contributed by atoms with E-state index in [4.69, 9.17) is 19.7 Å². The molecule has 132 valence electrons. The van der Waals surface area contributed by atoms with Crippen molar-refractivity contribution in [3.8, 4) is 11.4 Å². The Kier molecular flexibility index (Phi) is 4.90. The highest BCUT2D eigenvalue weighted by Gasteiger charge is 2.10. The molecule has 0 unspecified atom stereocenters. The Morgan fingerprint density at radius 2 is 1.96 bits per heavy atom. The van der Waals surface area contributed by atoms with Crippen LogP contribution in [0, 0.1) is 12.3 Å². The van der Waals surface area contributed by atoms with E-state index >= 15 is 0 Å². The van der Waals surface area contributed by atoms with Gasteiger partial charge in [-0.3, -0.25) is 10.2 Å². The van der Waals surface area contributed by atoms with Crippen LogP contribution in [0.3, 0.4) is 0 Å². The highest BCUT2D eigenvalue weighted by Crippen LogP contribution is 2.24. The average molecular weight is 414 g/mol. The molecule has 0 aliphatic carbocycles. The molecule has 2 heterocycles. The third kappa shape index (κ3) is 3.83. The number of carboxylic acid groups (broad SMARTS) is 1. The Hall–Kier alpha value is -2.93. The fraction of sp³-hybridized carbons (Fsp3) is 0.105. The fourth-order valence-electron chi connectivity index (χ4n) is 2.54. The van der Waals surface area contributed by atoms with Crippen molar-refractivity contribution in [3.63, 3.8) is 0 Å². The Labute approximate surface area is 157 Å². The highest BCUT2D eigenvalue weighted by atomic mass is 79.9. The molecular weight excluding hydrogens is 398 g/mol. The molecule has 6 nitrogen and oxygen atoms in total. The summed E-state index contributed by atoms with van der Waals surface area (Å²) in [5.41, 5.74) is 4.45. The molecule has 3 N–H and O–H groups in total. The van der Waals surface area contributed by atoms with E-state index in [1.165, 1.54) is 5.56 Å². The Morgan fingerprint density at radius 1 is 1.23 bits per heavy atom. The SMILES string of the molecule is CC(=O)O.Cc1ccc2nc(-c3cc4cc(Br)ccc4oc3=N)[nH]c2c1. The first-order valence-corrected chi connectivity index (χ1v) is 8.57. The van der Waals surface area contributed by atoms with Gasteiger partial charge in [0.15, 0.2) is 0 Å². The first-order valence-electron chi connectivity index (χ1n) is 7.78. The van der Waals surface area contributed by atoms with Crippen LogP contribution in [0.4, 0.5) is 0 Å². The van der Waals surface area contributed by atoms with Crippen LogP contribution in [-0.2, 0) is 4.79 Å². The van der Waals surface area contributed by atoms with Gasteiger partial charge in [-0.25, -0.2) is 4.98 Å². The molecule has 0 saturated carbocycles. The van der Waals surface area contributed by atoms with Gasteiger partial charge in [-0.2, -0.15) is 0 Å². The van der Waals surface area contributed by atoms with Gasteiger partial charge in [-0.05, 0) is 48.9 Å². The van der Waals surface area contributed by atoms with E-state index in [1.54, 1.807) is 0 Å². The number of aliphatic carboxylic acids is 1. The smallest absolute Gasteiger partial charge is 0.300 e. The number of halogens is 1. The average Bonchev–Trinajstić information content (AvgIpc) is 2.97. The van der Waals surface area contributed by atoms with Crippen LogP contribution in [0.2, 0.25) is 0 Å². The third-order valence-corrected chi connectivity index (χ3v) is 4.11. The van der Waals surface area contributed by atoms with Crippen LogP contribution in [-0.4, -0.2) is 21.0 Å². The van der Waals surface area contributed by atoms with E-state index in [-0.39, 0.29) is 5.55 Å². The summed E-state index contributed by atoms with van der Waals surface area (Å²) in [6, 6.07) is 13.7. The van der Waals surface area contributed by atoms with Crippen molar-refractivity contribution >= 4 is 43.9 Å². The number of H-pyrrole nitrogens is 1. The number of carboxylic acids is 1. The minimum Gasteiger partial charge on any atom is -0.481 e. The predicted molar refractivity (Wildman–Crippen MR) is 103 cm³/mol. The van der Waals surface area contributed by atoms with Crippen LogP contribution < -0.4 is 5.55 Å². The molecule has 2 aromatic carbocycles. The van der Waals surface area contributed by atoms with Gasteiger partial charge in [-0.1, -0.05) is 22.0 Å². The largest absolute Gasteiger partial charge is 0.481 e. The number of hydrogen-bond donors (Lipinski definition) is 3. The minimum absolute atomic E-state index is 0.102. The number of nitrogens with zero attached hydrogens (tertiary/aromatic N) is 1. The predicted octanol–water partition coefficient (Wildman–Crippen LogP) is 4.62. The molecule has 2 aromatic heterocycles. The number of hydrogen-bond acceptors (Lipinski definition) is 4. The number of aromatic nitrogens is 2. The van der Waals surface area contributed by atoms with Gasteiger partial charge in [0.05, 0.1) is 16.6 Å². The maximum Gasteiger partial charge on any atom is 0.300 e. The Morgan fingerprint density at radius 3 is 2.69 bits per heavy atom. The first kappa shape index (κ1) is 17.9. The minimum atomic E-state index is -0.833. The number of rotatable bonds is 1. The summed E-state index contributed by atoms with van der Waals surface area (Å²) in [5, 5.41) is 16.5. The molecule has 0 atom stereocenters. The number of aryl methyl sites for hydroxylation is 1. The van der Waals surface area contributed by atoms with Crippen molar-refractivity contribution in [1.29, 1.82) is 5.41 Å². The molecule has 26 heavy (non-hydrogen) atoms. The number of nitrogens with one attached hydrogen (secondary N) is 2. The number of benzene rings is 2. The highest BCUT2D eigenvalue weighted by molar-refractivity contribution is 9.10. The molecule has 0 aliphatic rings. The normalized spacial score (nSPS) is 10.6. The first-order chi connectivity index (χ1) is 12.3. The van der Waals surface area contributed by atoms with E-state index in [2.05, 4.69) is 25.9 Å². The lowest BCUT2D eigenvalue weighted by Gasteiger charge is -2.01. The van der Waals surface area contributed by atoms with E-state index < -0.39 is 5.97 Å². The second-order valence-electron chi connectivity index (χ2n) is 5.80. The molecule has 4 rings (SSSR count). The lowest BCUT2D eigenvalue weighted by Crippen LogP contribution is -2.04. The summed E-state index contributed by atoms with van der Waals surface area (Å²) in [5.74, 6) is -0.184. The van der Waals surface area contributed by atoms with E-state index in [0.29, 0.717) is 17.0 Å². The molecule has 0 saturated heterocycles. The zero-order valence-corrected chi connectivity index (χ0v) is 15.7. The van der Waals surface area contributed by atoms with E-state index in [0.717, 1.165) is 27.8 Å². The summed E-state index contributed by atoms with van der Waals surface area (Å²) >= 11 is 3.46. The molecule has 0 aliphatic heterocycles. The fourth-order valence-corrected chi connectivity index (χ4v) is 2.92. The van der Waals surface area contributed by atoms with Crippen molar-refractivity contribution in [2.24, 2.45) is 0 Å². The zero-order valence-electron chi connectivity index (χ0n) is 14.1. The van der Waals surface area contributed by atoms with Crippen LogP contribution in [0.15, 0.2) is 51.4 Å². The van der Waals surface area contributed by atoms with Gasteiger partial charge in [0.2, 0.25) is 5.55 Å². The van der Waals surface area contributed by atoms with Gasteiger partial charge in [-0.15, -0.1) is 0 Å². The molecule has 0 amide bonds. The van der Waals surface area contributed by atoms with Gasteiger partial charge in [0, 0.05) is 16.8 Å². The summed E-state index contributed by atoms with van der Waals surface area (Å²) in [7, 11) is 0. The van der Waals surface area contributed by atoms with E-state index in [1.807, 2.05) is 49.4 Å². The van der Waals surface area contributed by atoms with Crippen LogP contribution in [0.5, 0.6) is 0 Å². The van der Waals surface area contributed by atoms with Crippen molar-refractivity contribution < 1.29 is 14.3 Å². The molecule has 0 spiro atoms. The molecule has 0 fully saturated rings. The molecule has 0 radical (unpaired) electrons. The Bertz CT molecular complexity index is 1170. The molecule has 7 heteroatoms. The topological polar surface area (TPSA) is 103 Å². The van der Waals surface area contributed by atoms with E-state index in [9.17, 15) is 0 Å². The lowest BCUT2D eigenvalue weighted by molar-refractivity contribution is -0.134. The maximum atomic E-state index is 9.00. The van der Waals surface area contributed by atoms with Crippen molar-refractivity contribution in [1.82, 2.24) is 9.97 Å². The molecule has 0 bridgehead atoms. The summed E-state index contributed by atoms with van der Waals surface area (Å²) in [6.45, 7) is 3.12. The van der Waals surface area contributed by atoms with Crippen molar-refractivity contribution in [2.45, 2.75) is 13.8 Å². The summed E-state index contributed by atoms with van der Waals surface area (Å²) < 4.78 is 6.58.